The van der Waals surface area contributed by atoms with Crippen LogP contribution in [0.2, 0.25) is 0 Å². The van der Waals surface area contributed by atoms with Crippen LogP contribution in [-0.4, -0.2) is 51.7 Å². The summed E-state index contributed by atoms with van der Waals surface area (Å²) in [5.74, 6) is -0.106. The molecule has 6 nitrogen and oxygen atoms in total. The number of carbonyl (C=O) groups excluding carboxylic acids is 1. The molecule has 0 aliphatic rings. The van der Waals surface area contributed by atoms with E-state index >= 15 is 0 Å². The maximum atomic E-state index is 11.6. The Morgan fingerprint density at radius 1 is 1.29 bits per heavy atom. The molecule has 0 saturated heterocycles. The van der Waals surface area contributed by atoms with Crippen molar-refractivity contribution in [1.29, 1.82) is 0 Å². The van der Waals surface area contributed by atoms with Crippen molar-refractivity contribution in [2.45, 2.75) is 6.10 Å². The predicted molar refractivity (Wildman–Crippen MR) is 77.3 cm³/mol. The Morgan fingerprint density at radius 3 is 2.67 bits per heavy atom. The number of phenolic OH excluding ortho intramolecular Hbond substituents is 1. The summed E-state index contributed by atoms with van der Waals surface area (Å²) in [6, 6.07) is 4.76. The van der Waals surface area contributed by atoms with Crippen LogP contribution in [0, 0.1) is 0 Å². The largest absolute Gasteiger partial charge is 0.504 e. The molecule has 1 N–H and O–H groups in total. The molecular formula is C15H20O6. The zero-order valence-electron chi connectivity index (χ0n) is 12.4. The SMILES string of the molecule is COC[C@@H](COC(=O)C=Cc1ccc(O)c(OC)c1)OC. The summed E-state index contributed by atoms with van der Waals surface area (Å²) in [5, 5.41) is 9.47. The first kappa shape index (κ1) is 17.0. The summed E-state index contributed by atoms with van der Waals surface area (Å²) in [5.41, 5.74) is 0.710. The van der Waals surface area contributed by atoms with Crippen molar-refractivity contribution >= 4 is 12.0 Å². The molecule has 0 amide bonds. The average molecular weight is 296 g/mol. The minimum Gasteiger partial charge on any atom is -0.504 e. The van der Waals surface area contributed by atoms with Crippen molar-refractivity contribution in [2.75, 3.05) is 34.5 Å². The molecule has 21 heavy (non-hydrogen) atoms. The second-order valence-corrected chi connectivity index (χ2v) is 4.21. The van der Waals surface area contributed by atoms with Crippen molar-refractivity contribution in [3.05, 3.63) is 29.8 Å². The van der Waals surface area contributed by atoms with Crippen LogP contribution in [0.3, 0.4) is 0 Å². The number of hydrogen-bond donors (Lipinski definition) is 1. The van der Waals surface area contributed by atoms with E-state index in [1.54, 1.807) is 25.3 Å². The highest BCUT2D eigenvalue weighted by Crippen LogP contribution is 2.26. The Hall–Kier alpha value is -2.05. The van der Waals surface area contributed by atoms with Gasteiger partial charge in [-0.15, -0.1) is 0 Å². The molecule has 0 fully saturated rings. The number of esters is 1. The number of hydrogen-bond acceptors (Lipinski definition) is 6. The van der Waals surface area contributed by atoms with E-state index in [-0.39, 0.29) is 18.5 Å². The van der Waals surface area contributed by atoms with Gasteiger partial charge >= 0.3 is 5.97 Å². The molecule has 0 unspecified atom stereocenters. The van der Waals surface area contributed by atoms with Gasteiger partial charge in [0.1, 0.15) is 12.7 Å². The lowest BCUT2D eigenvalue weighted by Crippen LogP contribution is -2.24. The quantitative estimate of drug-likeness (QED) is 0.580. The van der Waals surface area contributed by atoms with Crippen molar-refractivity contribution in [2.24, 2.45) is 0 Å². The molecule has 0 aliphatic carbocycles. The topological polar surface area (TPSA) is 74.2 Å². The maximum absolute atomic E-state index is 11.6. The second kappa shape index (κ2) is 8.99. The summed E-state index contributed by atoms with van der Waals surface area (Å²) in [6.07, 6.45) is 2.58. The first-order chi connectivity index (χ1) is 10.1. The molecule has 6 heteroatoms. The number of ether oxygens (including phenoxy) is 4. The van der Waals surface area contributed by atoms with Crippen molar-refractivity contribution in [1.82, 2.24) is 0 Å². The van der Waals surface area contributed by atoms with E-state index in [1.807, 2.05) is 0 Å². The van der Waals surface area contributed by atoms with E-state index < -0.39 is 5.97 Å². The van der Waals surface area contributed by atoms with Gasteiger partial charge in [0.2, 0.25) is 0 Å². The Balaban J connectivity index is 2.54. The normalized spacial score (nSPS) is 12.3. The lowest BCUT2D eigenvalue weighted by molar-refractivity contribution is -0.142. The van der Waals surface area contributed by atoms with E-state index in [0.717, 1.165) is 0 Å². The molecule has 0 bridgehead atoms. The van der Waals surface area contributed by atoms with Crippen LogP contribution in [0.1, 0.15) is 5.56 Å². The molecule has 0 spiro atoms. The monoisotopic (exact) mass is 296 g/mol. The van der Waals surface area contributed by atoms with E-state index in [4.69, 9.17) is 18.9 Å². The third-order valence-electron chi connectivity index (χ3n) is 2.71. The van der Waals surface area contributed by atoms with Crippen LogP contribution in [0.4, 0.5) is 0 Å². The van der Waals surface area contributed by atoms with Gasteiger partial charge in [0, 0.05) is 20.3 Å². The number of rotatable bonds is 8. The smallest absolute Gasteiger partial charge is 0.330 e. The van der Waals surface area contributed by atoms with Gasteiger partial charge in [0.05, 0.1) is 13.7 Å². The van der Waals surface area contributed by atoms with Gasteiger partial charge in [-0.2, -0.15) is 0 Å². The third-order valence-corrected chi connectivity index (χ3v) is 2.71. The van der Waals surface area contributed by atoms with Gasteiger partial charge in [-0.3, -0.25) is 0 Å². The molecular weight excluding hydrogens is 276 g/mol. The van der Waals surface area contributed by atoms with E-state index in [2.05, 4.69) is 0 Å². The van der Waals surface area contributed by atoms with Gasteiger partial charge in [0.25, 0.3) is 0 Å². The van der Waals surface area contributed by atoms with Crippen molar-refractivity contribution < 1.29 is 28.8 Å². The second-order valence-electron chi connectivity index (χ2n) is 4.21. The fourth-order valence-corrected chi connectivity index (χ4v) is 1.56. The van der Waals surface area contributed by atoms with E-state index in [1.165, 1.54) is 26.4 Å². The van der Waals surface area contributed by atoms with Crippen LogP contribution < -0.4 is 4.74 Å². The Bertz CT molecular complexity index is 483. The molecule has 0 aromatic heterocycles. The highest BCUT2D eigenvalue weighted by molar-refractivity contribution is 5.87. The minimum absolute atomic E-state index is 0.0414. The average Bonchev–Trinajstić information content (AvgIpc) is 2.50. The number of aromatic hydroxyl groups is 1. The zero-order chi connectivity index (χ0) is 15.7. The van der Waals surface area contributed by atoms with Gasteiger partial charge in [-0.05, 0) is 23.8 Å². The van der Waals surface area contributed by atoms with Crippen molar-refractivity contribution in [3.8, 4) is 11.5 Å². The predicted octanol–water partition coefficient (Wildman–Crippen LogP) is 1.62. The lowest BCUT2D eigenvalue weighted by Gasteiger charge is -2.13. The lowest BCUT2D eigenvalue weighted by atomic mass is 10.2. The molecule has 116 valence electrons. The van der Waals surface area contributed by atoms with Gasteiger partial charge < -0.3 is 24.1 Å². The summed E-state index contributed by atoms with van der Waals surface area (Å²) in [6.45, 7) is 0.467. The standard InChI is InChI=1S/C15H20O6/c1-18-9-12(19-2)10-21-15(17)7-5-11-4-6-13(16)14(8-11)20-3/h4-8,12,16H,9-10H2,1-3H3/t12-/m0/s1. The van der Waals surface area contributed by atoms with Crippen LogP contribution in [0.15, 0.2) is 24.3 Å². The summed E-state index contributed by atoms with van der Waals surface area (Å²) < 4.78 is 20.0. The number of benzene rings is 1. The third kappa shape index (κ3) is 5.85. The molecule has 0 heterocycles. The number of methoxy groups -OCH3 is 3. The maximum Gasteiger partial charge on any atom is 0.330 e. The molecule has 0 saturated carbocycles. The van der Waals surface area contributed by atoms with Gasteiger partial charge in [-0.25, -0.2) is 4.79 Å². The summed E-state index contributed by atoms with van der Waals surface area (Å²) in [7, 11) is 4.53. The highest BCUT2D eigenvalue weighted by Gasteiger charge is 2.09. The first-order valence-corrected chi connectivity index (χ1v) is 6.34. The Labute approximate surface area is 123 Å². The van der Waals surface area contributed by atoms with E-state index in [0.29, 0.717) is 17.9 Å². The van der Waals surface area contributed by atoms with Crippen LogP contribution in [-0.2, 0) is 19.0 Å². The molecule has 1 atom stereocenters. The van der Waals surface area contributed by atoms with Gasteiger partial charge in [0.15, 0.2) is 11.5 Å². The zero-order valence-corrected chi connectivity index (χ0v) is 12.4. The fraction of sp³-hybridized carbons (Fsp3) is 0.400. The first-order valence-electron chi connectivity index (χ1n) is 6.34. The molecule has 1 rings (SSSR count). The number of carbonyl (C=O) groups is 1. The van der Waals surface area contributed by atoms with Crippen LogP contribution in [0.5, 0.6) is 11.5 Å². The van der Waals surface area contributed by atoms with Crippen LogP contribution in [0.25, 0.3) is 6.08 Å². The molecule has 0 radical (unpaired) electrons. The minimum atomic E-state index is -0.486. The van der Waals surface area contributed by atoms with Gasteiger partial charge in [-0.1, -0.05) is 6.07 Å². The fourth-order valence-electron chi connectivity index (χ4n) is 1.56. The molecule has 1 aromatic rings. The Kier molecular flexibility index (Phi) is 7.28. The number of phenols is 1. The summed E-state index contributed by atoms with van der Waals surface area (Å²) >= 11 is 0. The summed E-state index contributed by atoms with van der Waals surface area (Å²) in [4.78, 5) is 11.6. The van der Waals surface area contributed by atoms with E-state index in [9.17, 15) is 9.90 Å². The Morgan fingerprint density at radius 2 is 2.05 bits per heavy atom. The van der Waals surface area contributed by atoms with Crippen molar-refractivity contribution in [3.63, 3.8) is 0 Å². The highest BCUT2D eigenvalue weighted by atomic mass is 16.6. The van der Waals surface area contributed by atoms with Crippen LogP contribution >= 0.6 is 0 Å². The molecule has 0 aliphatic heterocycles. The molecule has 1 aromatic carbocycles.